The van der Waals surface area contributed by atoms with E-state index in [1.54, 1.807) is 24.9 Å². The number of benzene rings is 1. The van der Waals surface area contributed by atoms with E-state index < -0.39 is 10.0 Å². The Balaban J connectivity index is 1.22. The zero-order valence-electron chi connectivity index (χ0n) is 20.8. The lowest BCUT2D eigenvalue weighted by atomic mass is 10.2. The van der Waals surface area contributed by atoms with Gasteiger partial charge in [0.25, 0.3) is 5.19 Å². The molecule has 0 spiro atoms. The first kappa shape index (κ1) is 24.9. The number of sulfonamides is 1. The predicted octanol–water partition coefficient (Wildman–Crippen LogP) is 3.34. The highest BCUT2D eigenvalue weighted by molar-refractivity contribution is 7.88. The van der Waals surface area contributed by atoms with Crippen molar-refractivity contribution in [3.8, 4) is 28.1 Å². The van der Waals surface area contributed by atoms with Crippen molar-refractivity contribution < 1.29 is 27.0 Å². The number of hydrogen-bond acceptors (Lipinski definition) is 12. The second kappa shape index (κ2) is 9.72. The van der Waals surface area contributed by atoms with Gasteiger partial charge in [-0.15, -0.1) is 16.4 Å². The monoisotopic (exact) mass is 576 g/mol. The molecule has 1 aliphatic rings. The van der Waals surface area contributed by atoms with Crippen molar-refractivity contribution in [2.75, 3.05) is 51.6 Å². The molecule has 0 aliphatic carbocycles. The molecular formula is C23H24N6O6S3. The van der Waals surface area contributed by atoms with Gasteiger partial charge in [-0.1, -0.05) is 0 Å². The highest BCUT2D eigenvalue weighted by Crippen LogP contribution is 2.38. The fourth-order valence-electron chi connectivity index (χ4n) is 4.24. The van der Waals surface area contributed by atoms with Crippen LogP contribution in [-0.2, 0) is 16.6 Å². The SMILES string of the molecule is COc1cc(OCc2csc(N3CCN(S(C)(=O)=O)CC3)n2)c2cc(-c3cnc4sc(OC)nn34)oc2c1. The molecule has 0 radical (unpaired) electrons. The molecule has 200 valence electrons. The number of rotatable bonds is 8. The maximum absolute atomic E-state index is 11.8. The number of fused-ring (bicyclic) bond motifs is 2. The molecule has 1 fully saturated rings. The van der Waals surface area contributed by atoms with Crippen LogP contribution in [0.15, 0.2) is 34.2 Å². The largest absolute Gasteiger partial charge is 0.496 e. The molecule has 0 bridgehead atoms. The molecule has 1 aromatic carbocycles. The van der Waals surface area contributed by atoms with Gasteiger partial charge in [-0.2, -0.15) is 8.82 Å². The summed E-state index contributed by atoms with van der Waals surface area (Å²) >= 11 is 2.86. The minimum absolute atomic E-state index is 0.253. The van der Waals surface area contributed by atoms with Gasteiger partial charge in [-0.05, 0) is 17.4 Å². The third-order valence-corrected chi connectivity index (χ3v) is 9.33. The Kier molecular flexibility index (Phi) is 6.37. The van der Waals surface area contributed by atoms with Crippen LogP contribution in [0, 0.1) is 0 Å². The van der Waals surface area contributed by atoms with Crippen LogP contribution in [0.3, 0.4) is 0 Å². The predicted molar refractivity (Wildman–Crippen MR) is 144 cm³/mol. The first-order valence-electron chi connectivity index (χ1n) is 11.6. The Hall–Kier alpha value is -3.40. The molecule has 15 heteroatoms. The van der Waals surface area contributed by atoms with Gasteiger partial charge in [-0.3, -0.25) is 0 Å². The minimum atomic E-state index is -3.17. The second-order valence-electron chi connectivity index (χ2n) is 8.62. The van der Waals surface area contributed by atoms with Gasteiger partial charge in [-0.25, -0.2) is 18.4 Å². The lowest BCUT2D eigenvalue weighted by Gasteiger charge is -2.32. The Morgan fingerprint density at radius 2 is 1.92 bits per heavy atom. The van der Waals surface area contributed by atoms with Crippen molar-refractivity contribution in [1.29, 1.82) is 0 Å². The van der Waals surface area contributed by atoms with Crippen molar-refractivity contribution >= 4 is 53.8 Å². The summed E-state index contributed by atoms with van der Waals surface area (Å²) < 4.78 is 49.8. The molecule has 0 amide bonds. The van der Waals surface area contributed by atoms with Crippen LogP contribution in [0.25, 0.3) is 27.4 Å². The molecule has 0 saturated carbocycles. The summed E-state index contributed by atoms with van der Waals surface area (Å²) in [6, 6.07) is 5.52. The van der Waals surface area contributed by atoms with Gasteiger partial charge in [0, 0.05) is 43.7 Å². The van der Waals surface area contributed by atoms with E-state index in [4.69, 9.17) is 23.6 Å². The lowest BCUT2D eigenvalue weighted by Crippen LogP contribution is -2.48. The van der Waals surface area contributed by atoms with E-state index in [2.05, 4.69) is 15.0 Å². The van der Waals surface area contributed by atoms with Crippen LogP contribution in [0.2, 0.25) is 0 Å². The van der Waals surface area contributed by atoms with Crippen LogP contribution >= 0.6 is 22.7 Å². The van der Waals surface area contributed by atoms with Gasteiger partial charge in [0.15, 0.2) is 10.9 Å². The van der Waals surface area contributed by atoms with Gasteiger partial charge in [0.1, 0.15) is 29.4 Å². The Morgan fingerprint density at radius 1 is 1.11 bits per heavy atom. The average Bonchev–Trinajstić information content (AvgIpc) is 3.69. The van der Waals surface area contributed by atoms with E-state index >= 15 is 0 Å². The molecule has 12 nitrogen and oxygen atoms in total. The first-order chi connectivity index (χ1) is 18.3. The molecule has 1 saturated heterocycles. The van der Waals surface area contributed by atoms with E-state index in [1.165, 1.54) is 33.2 Å². The standard InChI is InChI=1S/C23H24N6O6S3/c1-32-15-8-18(34-12-14-13-36-22(25-14)27-4-6-28(7-5-27)38(3,30)31)16-10-20(35-19(16)9-15)17-11-24-21-29(17)26-23(33-2)37-21/h8-11,13H,4-7,12H2,1-3H3. The molecule has 6 rings (SSSR count). The fraction of sp³-hybridized carbons (Fsp3) is 0.348. The number of thiazole rings is 1. The minimum Gasteiger partial charge on any atom is -0.496 e. The zero-order chi connectivity index (χ0) is 26.4. The van der Waals surface area contributed by atoms with Crippen LogP contribution in [0.4, 0.5) is 5.13 Å². The molecule has 0 N–H and O–H groups in total. The fourth-order valence-corrected chi connectivity index (χ4v) is 6.63. The van der Waals surface area contributed by atoms with E-state index in [9.17, 15) is 8.42 Å². The maximum atomic E-state index is 11.8. The number of ether oxygens (including phenoxy) is 3. The summed E-state index contributed by atoms with van der Waals surface area (Å²) in [5.41, 5.74) is 2.08. The van der Waals surface area contributed by atoms with Crippen molar-refractivity contribution in [2.45, 2.75) is 6.61 Å². The highest BCUT2D eigenvalue weighted by Gasteiger charge is 2.25. The van der Waals surface area contributed by atoms with Crippen LogP contribution in [-0.4, -0.2) is 79.0 Å². The number of aromatic nitrogens is 4. The molecule has 38 heavy (non-hydrogen) atoms. The number of imidazole rings is 1. The van der Waals surface area contributed by atoms with E-state index in [0.717, 1.165) is 16.2 Å². The summed E-state index contributed by atoms with van der Waals surface area (Å²) in [4.78, 5) is 11.9. The molecule has 1 aliphatic heterocycles. The van der Waals surface area contributed by atoms with Gasteiger partial charge in [0.2, 0.25) is 15.0 Å². The molecule has 4 aromatic heterocycles. The number of methoxy groups -OCH3 is 2. The quantitative estimate of drug-likeness (QED) is 0.272. The number of hydrogen-bond donors (Lipinski definition) is 0. The summed E-state index contributed by atoms with van der Waals surface area (Å²) in [6.07, 6.45) is 2.95. The summed E-state index contributed by atoms with van der Waals surface area (Å²) in [5, 5.41) is 8.51. The third-order valence-electron chi connectivity index (χ3n) is 6.20. The molecule has 5 aromatic rings. The Bertz CT molecular complexity index is 1710. The van der Waals surface area contributed by atoms with Crippen LogP contribution < -0.4 is 19.1 Å². The van der Waals surface area contributed by atoms with Crippen LogP contribution in [0.5, 0.6) is 16.7 Å². The highest BCUT2D eigenvalue weighted by atomic mass is 32.2. The summed E-state index contributed by atoms with van der Waals surface area (Å²) in [6.45, 7) is 2.35. The van der Waals surface area contributed by atoms with E-state index in [0.29, 0.717) is 64.9 Å². The smallest absolute Gasteiger partial charge is 0.294 e. The molecule has 0 unspecified atom stereocenters. The van der Waals surface area contributed by atoms with E-state index in [-0.39, 0.29) is 6.61 Å². The average molecular weight is 577 g/mol. The normalized spacial score (nSPS) is 15.0. The molecule has 0 atom stereocenters. The van der Waals surface area contributed by atoms with Gasteiger partial charge < -0.3 is 23.5 Å². The number of nitrogens with zero attached hydrogens (tertiary/aromatic N) is 6. The summed E-state index contributed by atoms with van der Waals surface area (Å²) in [7, 11) is -0.0157. The number of furan rings is 1. The van der Waals surface area contributed by atoms with Crippen molar-refractivity contribution in [1.82, 2.24) is 23.9 Å². The third kappa shape index (κ3) is 4.66. The molecular weight excluding hydrogens is 552 g/mol. The lowest BCUT2D eigenvalue weighted by molar-refractivity contribution is 0.303. The second-order valence-corrected chi connectivity index (χ2v) is 12.4. The van der Waals surface area contributed by atoms with Crippen molar-refractivity contribution in [2.24, 2.45) is 0 Å². The number of piperazine rings is 1. The Labute approximate surface area is 226 Å². The Morgan fingerprint density at radius 3 is 2.66 bits per heavy atom. The topological polar surface area (TPSA) is 125 Å². The van der Waals surface area contributed by atoms with Gasteiger partial charge >= 0.3 is 0 Å². The van der Waals surface area contributed by atoms with Crippen molar-refractivity contribution in [3.63, 3.8) is 0 Å². The molecule has 5 heterocycles. The zero-order valence-corrected chi connectivity index (χ0v) is 23.2. The number of anilines is 1. The van der Waals surface area contributed by atoms with Crippen molar-refractivity contribution in [3.05, 3.63) is 35.5 Å². The van der Waals surface area contributed by atoms with Gasteiger partial charge in [0.05, 0.1) is 37.8 Å². The maximum Gasteiger partial charge on any atom is 0.294 e. The van der Waals surface area contributed by atoms with E-state index in [1.807, 2.05) is 23.6 Å². The first-order valence-corrected chi connectivity index (χ1v) is 15.1. The van der Waals surface area contributed by atoms with Crippen LogP contribution in [0.1, 0.15) is 5.69 Å². The summed E-state index contributed by atoms with van der Waals surface area (Å²) in [5.74, 6) is 1.79.